The number of nitrogens with zero attached hydrogens (tertiary/aromatic N) is 1. The van der Waals surface area contributed by atoms with Gasteiger partial charge in [-0.2, -0.15) is 0 Å². The number of aryl methyl sites for hydroxylation is 1. The van der Waals surface area contributed by atoms with Crippen molar-refractivity contribution >= 4 is 29.0 Å². The molecule has 96 valence electrons. The van der Waals surface area contributed by atoms with Crippen LogP contribution in [0.15, 0.2) is 30.6 Å². The summed E-state index contributed by atoms with van der Waals surface area (Å²) in [4.78, 5) is 15.0. The number of aromatic nitrogens is 2. The molecular weight excluding hydrogens is 295 g/mol. The molecule has 2 rings (SSSR count). The topological polar surface area (TPSA) is 36.7 Å². The zero-order valence-electron chi connectivity index (χ0n) is 9.58. The van der Waals surface area contributed by atoms with Crippen LogP contribution in [0.1, 0.15) is 16.2 Å². The van der Waals surface area contributed by atoms with Crippen LogP contribution in [-0.2, 0) is 6.54 Å². The third-order valence-corrected chi connectivity index (χ3v) is 3.07. The summed E-state index contributed by atoms with van der Waals surface area (Å²) in [6.45, 7) is 2.16. The Morgan fingerprint density at radius 1 is 1.39 bits per heavy atom. The van der Waals surface area contributed by atoms with E-state index in [1.807, 2.05) is 17.7 Å². The maximum absolute atomic E-state index is 12.0. The van der Waals surface area contributed by atoms with Crippen molar-refractivity contribution in [1.29, 1.82) is 0 Å². The van der Waals surface area contributed by atoms with Gasteiger partial charge in [-0.25, -0.2) is 9.55 Å². The predicted molar refractivity (Wildman–Crippen MR) is 66.5 cm³/mol. The maximum Gasteiger partial charge on any atom is 0.251 e. The normalized spacial score (nSPS) is 9.94. The Hall–Kier alpha value is -1.03. The summed E-state index contributed by atoms with van der Waals surface area (Å²) in [6.07, 6.45) is 3.60. The summed E-state index contributed by atoms with van der Waals surface area (Å²) in [7, 11) is 0. The summed E-state index contributed by atoms with van der Waals surface area (Å²) in [5.74, 6) is 0.878. The average molecular weight is 306 g/mol. The molecule has 1 N–H and O–H groups in total. The van der Waals surface area contributed by atoms with Crippen molar-refractivity contribution in [3.8, 4) is 0 Å². The Kier molecular flexibility index (Phi) is 5.20. The van der Waals surface area contributed by atoms with Gasteiger partial charge in [0, 0.05) is 17.5 Å². The SMILES string of the molecule is Cc1[nH]cc[n+]1CC(=O)c1ccc(Cl)cc1Cl.[Cl-]. The van der Waals surface area contributed by atoms with Gasteiger partial charge in [0.15, 0.2) is 6.54 Å². The fourth-order valence-corrected chi connectivity index (χ4v) is 2.08. The van der Waals surface area contributed by atoms with Crippen molar-refractivity contribution in [1.82, 2.24) is 4.98 Å². The minimum atomic E-state index is -0.0423. The summed E-state index contributed by atoms with van der Waals surface area (Å²) in [6, 6.07) is 4.88. The van der Waals surface area contributed by atoms with Crippen LogP contribution in [0.4, 0.5) is 0 Å². The fraction of sp³-hybridized carbons (Fsp3) is 0.167. The van der Waals surface area contributed by atoms with E-state index in [2.05, 4.69) is 4.98 Å². The smallest absolute Gasteiger partial charge is 0.251 e. The lowest BCUT2D eigenvalue weighted by Crippen LogP contribution is -3.00. The number of carbonyl (C=O) groups excluding carboxylic acids is 1. The molecular formula is C12H11Cl3N2O. The first-order valence-electron chi connectivity index (χ1n) is 5.09. The fourth-order valence-electron chi connectivity index (χ4n) is 1.57. The number of imidazole rings is 1. The zero-order chi connectivity index (χ0) is 12.4. The minimum absolute atomic E-state index is 0. The first-order chi connectivity index (χ1) is 8.08. The molecule has 2 aromatic rings. The number of aromatic amines is 1. The Morgan fingerprint density at radius 2 is 2.11 bits per heavy atom. The van der Waals surface area contributed by atoms with Gasteiger partial charge in [0.2, 0.25) is 5.78 Å². The van der Waals surface area contributed by atoms with Crippen molar-refractivity contribution in [2.24, 2.45) is 0 Å². The van der Waals surface area contributed by atoms with E-state index in [0.717, 1.165) is 5.82 Å². The molecule has 0 aliphatic rings. The monoisotopic (exact) mass is 304 g/mol. The molecule has 18 heavy (non-hydrogen) atoms. The quantitative estimate of drug-likeness (QED) is 0.619. The average Bonchev–Trinajstić information content (AvgIpc) is 2.64. The van der Waals surface area contributed by atoms with Crippen LogP contribution in [-0.4, -0.2) is 10.8 Å². The van der Waals surface area contributed by atoms with Crippen molar-refractivity contribution in [2.45, 2.75) is 13.5 Å². The van der Waals surface area contributed by atoms with Crippen LogP contribution in [0.25, 0.3) is 0 Å². The second-order valence-corrected chi connectivity index (χ2v) is 4.56. The first kappa shape index (κ1) is 15.0. The molecule has 0 aliphatic heterocycles. The summed E-state index contributed by atoms with van der Waals surface area (Å²) in [5.41, 5.74) is 0.490. The second kappa shape index (κ2) is 6.23. The number of ketones is 1. The van der Waals surface area contributed by atoms with Crippen molar-refractivity contribution in [3.05, 3.63) is 52.0 Å². The van der Waals surface area contributed by atoms with Crippen LogP contribution in [0.3, 0.4) is 0 Å². The highest BCUT2D eigenvalue weighted by Gasteiger charge is 2.15. The van der Waals surface area contributed by atoms with E-state index < -0.39 is 0 Å². The lowest BCUT2D eigenvalue weighted by Gasteiger charge is -2.02. The first-order valence-corrected chi connectivity index (χ1v) is 5.85. The molecule has 0 spiro atoms. The number of rotatable bonds is 3. The number of halogens is 3. The number of H-pyrrole nitrogens is 1. The molecule has 1 aromatic carbocycles. The van der Waals surface area contributed by atoms with Gasteiger partial charge in [-0.05, 0) is 18.2 Å². The van der Waals surface area contributed by atoms with E-state index in [4.69, 9.17) is 23.2 Å². The van der Waals surface area contributed by atoms with E-state index in [-0.39, 0.29) is 24.7 Å². The molecule has 0 unspecified atom stereocenters. The molecule has 6 heteroatoms. The van der Waals surface area contributed by atoms with Gasteiger partial charge in [-0.3, -0.25) is 4.79 Å². The van der Waals surface area contributed by atoms with Crippen LogP contribution in [0.5, 0.6) is 0 Å². The predicted octanol–water partition coefficient (Wildman–Crippen LogP) is -0.196. The zero-order valence-corrected chi connectivity index (χ0v) is 11.9. The van der Waals surface area contributed by atoms with Gasteiger partial charge < -0.3 is 12.4 Å². The Balaban J connectivity index is 0.00000162. The van der Waals surface area contributed by atoms with Gasteiger partial charge in [-0.1, -0.05) is 23.2 Å². The molecule has 0 aliphatic carbocycles. The molecule has 0 saturated carbocycles. The van der Waals surface area contributed by atoms with E-state index in [1.165, 1.54) is 0 Å². The van der Waals surface area contributed by atoms with Crippen molar-refractivity contribution in [3.63, 3.8) is 0 Å². The van der Waals surface area contributed by atoms with Gasteiger partial charge in [-0.15, -0.1) is 0 Å². The minimum Gasteiger partial charge on any atom is -1.00 e. The van der Waals surface area contributed by atoms with Crippen LogP contribution in [0, 0.1) is 6.92 Å². The molecule has 0 saturated heterocycles. The van der Waals surface area contributed by atoms with Gasteiger partial charge in [0.25, 0.3) is 5.82 Å². The highest BCUT2D eigenvalue weighted by molar-refractivity contribution is 6.36. The lowest BCUT2D eigenvalue weighted by atomic mass is 10.1. The number of benzene rings is 1. The molecule has 0 bridgehead atoms. The van der Waals surface area contributed by atoms with E-state index >= 15 is 0 Å². The van der Waals surface area contributed by atoms with Gasteiger partial charge in [0.1, 0.15) is 12.4 Å². The molecule has 0 fully saturated rings. The molecule has 1 aromatic heterocycles. The highest BCUT2D eigenvalue weighted by Crippen LogP contribution is 2.21. The summed E-state index contributed by atoms with van der Waals surface area (Å²) < 4.78 is 1.83. The van der Waals surface area contributed by atoms with E-state index in [1.54, 1.807) is 24.4 Å². The van der Waals surface area contributed by atoms with Gasteiger partial charge >= 0.3 is 0 Å². The number of carbonyl (C=O) groups is 1. The van der Waals surface area contributed by atoms with E-state index in [9.17, 15) is 4.79 Å². The Morgan fingerprint density at radius 3 is 2.67 bits per heavy atom. The third-order valence-electron chi connectivity index (χ3n) is 2.52. The number of Topliss-reactive ketones (excluding diaryl/α,β-unsaturated/α-hetero) is 1. The number of hydrogen-bond acceptors (Lipinski definition) is 1. The largest absolute Gasteiger partial charge is 1.00 e. The van der Waals surface area contributed by atoms with Crippen LogP contribution >= 0.6 is 23.2 Å². The standard InChI is InChI=1S/C12H10Cl2N2O.ClH/c1-8-15-4-5-16(8)7-12(17)10-3-2-9(13)6-11(10)14;/h2-6H,7H2,1H3;1H. The van der Waals surface area contributed by atoms with Crippen molar-refractivity contribution < 1.29 is 21.8 Å². The molecule has 0 amide bonds. The highest BCUT2D eigenvalue weighted by atomic mass is 35.5. The Bertz CT molecular complexity index is 566. The maximum atomic E-state index is 12.0. The Labute approximate surface area is 121 Å². The number of nitrogens with one attached hydrogen (secondary N) is 1. The van der Waals surface area contributed by atoms with Crippen LogP contribution < -0.4 is 17.0 Å². The molecule has 0 atom stereocenters. The third kappa shape index (κ3) is 3.25. The summed E-state index contributed by atoms with van der Waals surface area (Å²) >= 11 is 11.8. The van der Waals surface area contributed by atoms with E-state index in [0.29, 0.717) is 15.6 Å². The lowest BCUT2D eigenvalue weighted by molar-refractivity contribution is -0.687. The van der Waals surface area contributed by atoms with Crippen molar-refractivity contribution in [2.75, 3.05) is 0 Å². The van der Waals surface area contributed by atoms with Gasteiger partial charge in [0.05, 0.1) is 5.02 Å². The second-order valence-electron chi connectivity index (χ2n) is 3.72. The molecule has 1 heterocycles. The molecule has 3 nitrogen and oxygen atoms in total. The summed E-state index contributed by atoms with van der Waals surface area (Å²) in [5, 5.41) is 0.910. The molecule has 0 radical (unpaired) electrons. The van der Waals surface area contributed by atoms with Crippen LogP contribution in [0.2, 0.25) is 10.0 Å². The number of hydrogen-bond donors (Lipinski definition) is 1.